The maximum Gasteiger partial charge on any atom is 0.118 e. The van der Waals surface area contributed by atoms with Crippen LogP contribution >= 0.6 is 27.7 Å². The van der Waals surface area contributed by atoms with E-state index in [1.807, 2.05) is 31.2 Å². The van der Waals surface area contributed by atoms with Crippen LogP contribution < -0.4 is 10.5 Å². The predicted octanol–water partition coefficient (Wildman–Crippen LogP) is 3.89. The second-order valence-corrected chi connectivity index (χ2v) is 5.59. The van der Waals surface area contributed by atoms with Crippen molar-refractivity contribution in [3.8, 4) is 5.75 Å². The Morgan fingerprint density at radius 1 is 1.28 bits per heavy atom. The largest absolute Gasteiger partial charge is 0.497 e. The van der Waals surface area contributed by atoms with E-state index in [1.165, 1.54) is 0 Å². The number of hydrogen-bond acceptors (Lipinski definition) is 4. The number of anilines is 1. The highest BCUT2D eigenvalue weighted by atomic mass is 79.9. The average Bonchev–Trinajstić information content (AvgIpc) is 2.40. The number of nitrogen functional groups attached to an aromatic ring is 1. The van der Waals surface area contributed by atoms with Gasteiger partial charge >= 0.3 is 0 Å². The number of nitrogens with zero attached hydrogens (tertiary/aromatic N) is 1. The molecule has 1 heterocycles. The molecule has 0 aliphatic heterocycles. The average molecular weight is 325 g/mol. The first kappa shape index (κ1) is 13.2. The Morgan fingerprint density at radius 2 is 1.94 bits per heavy atom. The summed E-state index contributed by atoms with van der Waals surface area (Å²) in [5, 5.41) is 0.909. The molecule has 1 aromatic heterocycles. The van der Waals surface area contributed by atoms with Crippen molar-refractivity contribution in [1.82, 2.24) is 4.98 Å². The minimum Gasteiger partial charge on any atom is -0.497 e. The fourth-order valence-corrected chi connectivity index (χ4v) is 2.81. The van der Waals surface area contributed by atoms with Crippen LogP contribution in [-0.4, -0.2) is 12.1 Å². The van der Waals surface area contributed by atoms with Gasteiger partial charge in [0.25, 0.3) is 0 Å². The summed E-state index contributed by atoms with van der Waals surface area (Å²) in [6.45, 7) is 1.97. The number of ether oxygens (including phenoxy) is 1. The van der Waals surface area contributed by atoms with E-state index in [-0.39, 0.29) is 0 Å². The second kappa shape index (κ2) is 5.63. The van der Waals surface area contributed by atoms with Crippen LogP contribution in [0.1, 0.15) is 5.56 Å². The number of aromatic nitrogens is 1. The van der Waals surface area contributed by atoms with Crippen LogP contribution in [0.4, 0.5) is 5.69 Å². The molecule has 0 aliphatic rings. The molecule has 0 saturated heterocycles. The van der Waals surface area contributed by atoms with Crippen LogP contribution in [-0.2, 0) is 0 Å². The number of pyridine rings is 1. The topological polar surface area (TPSA) is 48.1 Å². The summed E-state index contributed by atoms with van der Waals surface area (Å²) in [6.07, 6.45) is 1.69. The normalized spacial score (nSPS) is 10.4. The number of methoxy groups -OCH3 is 1. The van der Waals surface area contributed by atoms with E-state index < -0.39 is 0 Å². The molecule has 1 aromatic carbocycles. The van der Waals surface area contributed by atoms with Gasteiger partial charge < -0.3 is 10.5 Å². The lowest BCUT2D eigenvalue weighted by molar-refractivity contribution is 0.414. The van der Waals surface area contributed by atoms with Gasteiger partial charge in [-0.1, -0.05) is 11.8 Å². The van der Waals surface area contributed by atoms with Gasteiger partial charge in [0, 0.05) is 4.90 Å². The number of benzene rings is 1. The van der Waals surface area contributed by atoms with Gasteiger partial charge in [-0.25, -0.2) is 4.98 Å². The van der Waals surface area contributed by atoms with Gasteiger partial charge in [-0.05, 0) is 52.7 Å². The first-order chi connectivity index (χ1) is 8.61. The molecule has 2 rings (SSSR count). The third-order valence-corrected chi connectivity index (χ3v) is 4.79. The molecular weight excluding hydrogens is 312 g/mol. The van der Waals surface area contributed by atoms with E-state index >= 15 is 0 Å². The molecule has 0 aliphatic carbocycles. The van der Waals surface area contributed by atoms with E-state index in [9.17, 15) is 0 Å². The van der Waals surface area contributed by atoms with E-state index in [0.717, 1.165) is 25.7 Å². The van der Waals surface area contributed by atoms with Crippen molar-refractivity contribution < 1.29 is 4.74 Å². The minimum atomic E-state index is 0.695. The fourth-order valence-electron chi connectivity index (χ4n) is 1.40. The Balaban J connectivity index is 2.25. The molecule has 2 N–H and O–H groups in total. The molecule has 2 aromatic rings. The molecule has 0 radical (unpaired) electrons. The lowest BCUT2D eigenvalue weighted by Gasteiger charge is -2.08. The van der Waals surface area contributed by atoms with Crippen molar-refractivity contribution >= 4 is 33.4 Å². The lowest BCUT2D eigenvalue weighted by atomic mass is 10.3. The maximum absolute atomic E-state index is 5.80. The van der Waals surface area contributed by atoms with Crippen LogP contribution in [0, 0.1) is 6.92 Å². The number of nitrogens with two attached hydrogens (primary N) is 1. The summed E-state index contributed by atoms with van der Waals surface area (Å²) in [4.78, 5) is 5.44. The zero-order valence-corrected chi connectivity index (χ0v) is 12.5. The van der Waals surface area contributed by atoms with Gasteiger partial charge in [0.2, 0.25) is 0 Å². The molecule has 18 heavy (non-hydrogen) atoms. The van der Waals surface area contributed by atoms with Crippen LogP contribution in [0.2, 0.25) is 0 Å². The minimum absolute atomic E-state index is 0.695. The molecule has 0 amide bonds. The Labute approximate surface area is 119 Å². The van der Waals surface area contributed by atoms with Gasteiger partial charge in [-0.15, -0.1) is 0 Å². The first-order valence-electron chi connectivity index (χ1n) is 5.34. The molecule has 0 bridgehead atoms. The molecule has 3 nitrogen and oxygen atoms in total. The number of rotatable bonds is 3. The Bertz CT molecular complexity index is 558. The Hall–Kier alpha value is -1.20. The van der Waals surface area contributed by atoms with E-state index in [2.05, 4.69) is 20.9 Å². The molecule has 94 valence electrons. The van der Waals surface area contributed by atoms with Crippen LogP contribution in [0.15, 0.2) is 44.9 Å². The van der Waals surface area contributed by atoms with Crippen molar-refractivity contribution in [2.45, 2.75) is 16.8 Å². The summed E-state index contributed by atoms with van der Waals surface area (Å²) in [5.41, 5.74) is 7.51. The third kappa shape index (κ3) is 2.79. The van der Waals surface area contributed by atoms with E-state index in [0.29, 0.717) is 5.69 Å². The molecule has 0 spiro atoms. The predicted molar refractivity (Wildman–Crippen MR) is 78.2 cm³/mol. The van der Waals surface area contributed by atoms with Crippen molar-refractivity contribution in [3.63, 3.8) is 0 Å². The highest BCUT2D eigenvalue weighted by Crippen LogP contribution is 2.35. The summed E-state index contributed by atoms with van der Waals surface area (Å²) in [6, 6.07) is 7.87. The van der Waals surface area contributed by atoms with Crippen LogP contribution in [0.3, 0.4) is 0 Å². The molecule has 0 fully saturated rings. The molecule has 0 unspecified atom stereocenters. The lowest BCUT2D eigenvalue weighted by Crippen LogP contribution is -1.94. The van der Waals surface area contributed by atoms with Gasteiger partial charge in [-0.3, -0.25) is 0 Å². The zero-order chi connectivity index (χ0) is 13.1. The Morgan fingerprint density at radius 3 is 2.56 bits per heavy atom. The molecule has 5 heteroatoms. The standard InChI is InChI=1S/C13H13BrN2OS/c1-8-11(15)7-16-13(12(8)14)18-10-5-3-9(17-2)4-6-10/h3-7H,15H2,1-2H3. The smallest absolute Gasteiger partial charge is 0.118 e. The molecule has 0 atom stereocenters. The number of hydrogen-bond donors (Lipinski definition) is 1. The highest BCUT2D eigenvalue weighted by molar-refractivity contribution is 9.10. The van der Waals surface area contributed by atoms with Gasteiger partial charge in [0.15, 0.2) is 0 Å². The summed E-state index contributed by atoms with van der Waals surface area (Å²) >= 11 is 5.12. The monoisotopic (exact) mass is 324 g/mol. The van der Waals surface area contributed by atoms with E-state index in [1.54, 1.807) is 25.1 Å². The summed E-state index contributed by atoms with van der Waals surface area (Å²) in [7, 11) is 1.66. The SMILES string of the molecule is COc1ccc(Sc2ncc(N)c(C)c2Br)cc1. The van der Waals surface area contributed by atoms with Crippen molar-refractivity contribution in [3.05, 3.63) is 40.5 Å². The Kier molecular flexibility index (Phi) is 4.14. The van der Waals surface area contributed by atoms with Crippen molar-refractivity contribution in [2.24, 2.45) is 0 Å². The van der Waals surface area contributed by atoms with Crippen LogP contribution in [0.5, 0.6) is 5.75 Å². The quantitative estimate of drug-likeness (QED) is 0.930. The summed E-state index contributed by atoms with van der Waals surface area (Å²) < 4.78 is 6.07. The van der Waals surface area contributed by atoms with Gasteiger partial charge in [-0.2, -0.15) is 0 Å². The van der Waals surface area contributed by atoms with Gasteiger partial charge in [0.05, 0.1) is 23.5 Å². The third-order valence-electron chi connectivity index (χ3n) is 2.54. The second-order valence-electron chi connectivity index (χ2n) is 3.74. The van der Waals surface area contributed by atoms with E-state index in [4.69, 9.17) is 10.5 Å². The molecule has 0 saturated carbocycles. The first-order valence-corrected chi connectivity index (χ1v) is 6.95. The highest BCUT2D eigenvalue weighted by Gasteiger charge is 2.09. The van der Waals surface area contributed by atoms with Gasteiger partial charge in [0.1, 0.15) is 10.8 Å². The number of halogens is 1. The van der Waals surface area contributed by atoms with Crippen LogP contribution in [0.25, 0.3) is 0 Å². The van der Waals surface area contributed by atoms with Crippen molar-refractivity contribution in [2.75, 3.05) is 12.8 Å². The van der Waals surface area contributed by atoms with Crippen molar-refractivity contribution in [1.29, 1.82) is 0 Å². The zero-order valence-electron chi connectivity index (χ0n) is 10.1. The molecular formula is C13H13BrN2OS. The maximum atomic E-state index is 5.80. The summed E-state index contributed by atoms with van der Waals surface area (Å²) in [5.74, 6) is 0.847. The fraction of sp³-hybridized carbons (Fsp3) is 0.154.